The minimum absolute atomic E-state index is 0.666. The Labute approximate surface area is 116 Å². The first-order chi connectivity index (χ1) is 9.38. The number of hydrogen-bond acceptors (Lipinski definition) is 2. The third-order valence-corrected chi connectivity index (χ3v) is 4.87. The van der Waals surface area contributed by atoms with Crippen molar-refractivity contribution in [3.8, 4) is 0 Å². The van der Waals surface area contributed by atoms with Crippen LogP contribution >= 0.6 is 0 Å². The average Bonchev–Trinajstić information content (AvgIpc) is 3.18. The molecule has 1 N–H and O–H groups in total. The van der Waals surface area contributed by atoms with Crippen molar-refractivity contribution in [2.24, 2.45) is 5.92 Å². The van der Waals surface area contributed by atoms with Gasteiger partial charge in [0, 0.05) is 24.8 Å². The van der Waals surface area contributed by atoms with Crippen LogP contribution in [0, 0.1) is 5.92 Å². The van der Waals surface area contributed by atoms with Crippen LogP contribution in [-0.2, 0) is 6.54 Å². The average molecular weight is 261 g/mol. The molecule has 1 unspecified atom stereocenters. The predicted molar refractivity (Wildman–Crippen MR) is 78.0 cm³/mol. The summed E-state index contributed by atoms with van der Waals surface area (Å²) < 4.78 is 2.46. The van der Waals surface area contributed by atoms with E-state index < -0.39 is 0 Å². The summed E-state index contributed by atoms with van der Waals surface area (Å²) in [6.45, 7) is 3.32. The molecule has 2 saturated carbocycles. The summed E-state index contributed by atoms with van der Waals surface area (Å²) >= 11 is 0. The molecule has 0 bridgehead atoms. The van der Waals surface area contributed by atoms with Crippen LogP contribution in [0.4, 0.5) is 0 Å². The summed E-state index contributed by atoms with van der Waals surface area (Å²) in [5.74, 6) is 0.868. The van der Waals surface area contributed by atoms with Crippen LogP contribution in [-0.4, -0.2) is 15.6 Å². The van der Waals surface area contributed by atoms with Crippen LogP contribution in [0.5, 0.6) is 0 Å². The van der Waals surface area contributed by atoms with E-state index >= 15 is 0 Å². The zero-order chi connectivity index (χ0) is 13.1. The zero-order valence-electron chi connectivity index (χ0n) is 12.1. The Bertz CT molecular complexity index is 388. The van der Waals surface area contributed by atoms with Gasteiger partial charge in [0.05, 0.1) is 12.0 Å². The van der Waals surface area contributed by atoms with E-state index in [2.05, 4.69) is 34.3 Å². The van der Waals surface area contributed by atoms with Gasteiger partial charge in [-0.05, 0) is 38.0 Å². The summed E-state index contributed by atoms with van der Waals surface area (Å²) in [5, 5.41) is 3.62. The van der Waals surface area contributed by atoms with Gasteiger partial charge in [-0.2, -0.15) is 0 Å². The number of imidazole rings is 1. The standard InChI is InChI=1S/C16H27N3/c1-2-16(13-6-4-3-5-7-13)19-12-17-10-15(19)11-18-14-8-9-14/h10,12-14,16,18H,2-9,11H2,1H3. The van der Waals surface area contributed by atoms with Crippen LogP contribution in [0.2, 0.25) is 0 Å². The second-order valence-electron chi connectivity index (χ2n) is 6.32. The largest absolute Gasteiger partial charge is 0.330 e. The normalized spacial score (nSPS) is 22.6. The molecule has 2 aliphatic carbocycles. The molecule has 2 fully saturated rings. The van der Waals surface area contributed by atoms with Gasteiger partial charge in [0.25, 0.3) is 0 Å². The SMILES string of the molecule is CCC(C1CCCCC1)n1cncc1CNC1CC1. The molecule has 106 valence electrons. The molecular formula is C16H27N3. The Kier molecular flexibility index (Phi) is 4.21. The molecular weight excluding hydrogens is 234 g/mol. The summed E-state index contributed by atoms with van der Waals surface area (Å²) in [4.78, 5) is 4.41. The third-order valence-electron chi connectivity index (χ3n) is 4.87. The monoisotopic (exact) mass is 261 g/mol. The molecule has 0 amide bonds. The molecule has 3 rings (SSSR count). The van der Waals surface area contributed by atoms with Crippen molar-refractivity contribution in [3.05, 3.63) is 18.2 Å². The smallest absolute Gasteiger partial charge is 0.0951 e. The van der Waals surface area contributed by atoms with Gasteiger partial charge >= 0.3 is 0 Å². The van der Waals surface area contributed by atoms with E-state index in [0.717, 1.165) is 18.5 Å². The molecule has 0 aromatic carbocycles. The highest BCUT2D eigenvalue weighted by atomic mass is 15.1. The molecule has 1 aromatic heterocycles. The Morgan fingerprint density at radius 1 is 1.26 bits per heavy atom. The number of aromatic nitrogens is 2. The number of nitrogens with one attached hydrogen (secondary N) is 1. The molecule has 3 heteroatoms. The highest BCUT2D eigenvalue weighted by molar-refractivity contribution is 5.02. The van der Waals surface area contributed by atoms with Crippen molar-refractivity contribution in [2.75, 3.05) is 0 Å². The first-order valence-electron chi connectivity index (χ1n) is 8.12. The van der Waals surface area contributed by atoms with Crippen LogP contribution in [0.15, 0.2) is 12.5 Å². The van der Waals surface area contributed by atoms with E-state index in [0.29, 0.717) is 6.04 Å². The van der Waals surface area contributed by atoms with E-state index in [4.69, 9.17) is 0 Å². The minimum Gasteiger partial charge on any atom is -0.330 e. The molecule has 1 atom stereocenters. The summed E-state index contributed by atoms with van der Waals surface area (Å²) in [6.07, 6.45) is 15.2. The Hall–Kier alpha value is -0.830. The molecule has 3 nitrogen and oxygen atoms in total. The first-order valence-corrected chi connectivity index (χ1v) is 8.12. The Morgan fingerprint density at radius 3 is 2.74 bits per heavy atom. The van der Waals surface area contributed by atoms with Crippen molar-refractivity contribution in [3.63, 3.8) is 0 Å². The lowest BCUT2D eigenvalue weighted by molar-refractivity contribution is 0.239. The molecule has 0 saturated heterocycles. The maximum absolute atomic E-state index is 4.41. The van der Waals surface area contributed by atoms with E-state index in [1.165, 1.54) is 57.1 Å². The molecule has 0 spiro atoms. The maximum atomic E-state index is 4.41. The van der Waals surface area contributed by atoms with Crippen molar-refractivity contribution in [2.45, 2.75) is 76.9 Å². The highest BCUT2D eigenvalue weighted by Gasteiger charge is 2.26. The number of nitrogens with zero attached hydrogens (tertiary/aromatic N) is 2. The fourth-order valence-electron chi connectivity index (χ4n) is 3.58. The van der Waals surface area contributed by atoms with Crippen molar-refractivity contribution in [1.29, 1.82) is 0 Å². The lowest BCUT2D eigenvalue weighted by Gasteiger charge is -2.31. The maximum Gasteiger partial charge on any atom is 0.0951 e. The number of hydrogen-bond donors (Lipinski definition) is 1. The summed E-state index contributed by atoms with van der Waals surface area (Å²) in [7, 11) is 0. The van der Waals surface area contributed by atoms with E-state index in [1.807, 2.05) is 0 Å². The third kappa shape index (κ3) is 3.19. The van der Waals surface area contributed by atoms with Gasteiger partial charge in [-0.15, -0.1) is 0 Å². The van der Waals surface area contributed by atoms with Gasteiger partial charge < -0.3 is 9.88 Å². The van der Waals surface area contributed by atoms with Gasteiger partial charge in [0.15, 0.2) is 0 Å². The summed E-state index contributed by atoms with van der Waals surface area (Å²) in [6, 6.07) is 1.44. The molecule has 19 heavy (non-hydrogen) atoms. The second kappa shape index (κ2) is 6.08. The van der Waals surface area contributed by atoms with E-state index in [9.17, 15) is 0 Å². The lowest BCUT2D eigenvalue weighted by Crippen LogP contribution is -2.25. The van der Waals surface area contributed by atoms with Crippen molar-refractivity contribution < 1.29 is 0 Å². The quantitative estimate of drug-likeness (QED) is 0.847. The Morgan fingerprint density at radius 2 is 2.05 bits per heavy atom. The van der Waals surface area contributed by atoms with Gasteiger partial charge in [-0.3, -0.25) is 0 Å². The number of rotatable bonds is 6. The van der Waals surface area contributed by atoms with Crippen LogP contribution in [0.1, 0.15) is 70.0 Å². The molecule has 1 aromatic rings. The van der Waals surface area contributed by atoms with E-state index in [-0.39, 0.29) is 0 Å². The van der Waals surface area contributed by atoms with Gasteiger partial charge in [0.1, 0.15) is 0 Å². The van der Waals surface area contributed by atoms with Crippen LogP contribution < -0.4 is 5.32 Å². The zero-order valence-corrected chi connectivity index (χ0v) is 12.1. The second-order valence-corrected chi connectivity index (χ2v) is 6.32. The predicted octanol–water partition coefficient (Wildman–Crippen LogP) is 3.67. The van der Waals surface area contributed by atoms with Crippen molar-refractivity contribution >= 4 is 0 Å². The molecule has 2 aliphatic rings. The summed E-state index contributed by atoms with van der Waals surface area (Å²) in [5.41, 5.74) is 1.38. The molecule has 0 radical (unpaired) electrons. The molecule has 1 heterocycles. The lowest BCUT2D eigenvalue weighted by atomic mass is 9.82. The van der Waals surface area contributed by atoms with Crippen LogP contribution in [0.25, 0.3) is 0 Å². The molecule has 0 aliphatic heterocycles. The topological polar surface area (TPSA) is 29.9 Å². The highest BCUT2D eigenvalue weighted by Crippen LogP contribution is 2.35. The first kappa shape index (κ1) is 13.2. The van der Waals surface area contributed by atoms with Gasteiger partial charge in [0.2, 0.25) is 0 Å². The van der Waals surface area contributed by atoms with Crippen molar-refractivity contribution in [1.82, 2.24) is 14.9 Å². The fraction of sp³-hybridized carbons (Fsp3) is 0.812. The van der Waals surface area contributed by atoms with Crippen LogP contribution in [0.3, 0.4) is 0 Å². The Balaban J connectivity index is 1.68. The van der Waals surface area contributed by atoms with Gasteiger partial charge in [-0.1, -0.05) is 26.2 Å². The fourth-order valence-corrected chi connectivity index (χ4v) is 3.58. The van der Waals surface area contributed by atoms with Gasteiger partial charge in [-0.25, -0.2) is 4.98 Å². The van der Waals surface area contributed by atoms with E-state index in [1.54, 1.807) is 0 Å². The minimum atomic E-state index is 0.666.